The molecule has 1 radical (unpaired) electrons. The summed E-state index contributed by atoms with van der Waals surface area (Å²) in [5, 5.41) is 0. The SMILES string of the molecule is O=[PH]=O.[Ir]. The minimum absolute atomic E-state index is 0. The summed E-state index contributed by atoms with van der Waals surface area (Å²) in [7, 11) is -1.42. The van der Waals surface area contributed by atoms with Crippen molar-refractivity contribution in [2.24, 2.45) is 0 Å². The minimum Gasteiger partial charge on any atom is -0.241 e. The van der Waals surface area contributed by atoms with E-state index in [1.807, 2.05) is 0 Å². The molecule has 4 heteroatoms. The van der Waals surface area contributed by atoms with E-state index in [9.17, 15) is 0 Å². The molecule has 0 aromatic heterocycles. The van der Waals surface area contributed by atoms with Crippen molar-refractivity contribution in [1.29, 1.82) is 0 Å². The van der Waals surface area contributed by atoms with Gasteiger partial charge in [0.25, 0.3) is 0 Å². The molecule has 0 atom stereocenters. The third kappa shape index (κ3) is 20.3. The molecule has 0 saturated heterocycles. The Morgan fingerprint density at radius 1 is 1.25 bits per heavy atom. The molecule has 0 heterocycles. The van der Waals surface area contributed by atoms with Gasteiger partial charge in [0.2, 0.25) is 0 Å². The Kier molecular flexibility index (Phi) is 21.2. The van der Waals surface area contributed by atoms with Crippen molar-refractivity contribution in [3.63, 3.8) is 0 Å². The van der Waals surface area contributed by atoms with Crippen LogP contribution in [0.15, 0.2) is 0 Å². The van der Waals surface area contributed by atoms with Crippen molar-refractivity contribution in [1.82, 2.24) is 0 Å². The summed E-state index contributed by atoms with van der Waals surface area (Å²) >= 11 is 0. The molecule has 0 amide bonds. The molecule has 0 N–H and O–H groups in total. The van der Waals surface area contributed by atoms with Crippen LogP contribution in [-0.4, -0.2) is 0 Å². The Labute approximate surface area is 38.2 Å². The molecule has 0 rings (SSSR count). The van der Waals surface area contributed by atoms with Gasteiger partial charge in [-0.3, -0.25) is 0 Å². The molecule has 0 aromatic rings. The van der Waals surface area contributed by atoms with Crippen LogP contribution in [0.4, 0.5) is 0 Å². The van der Waals surface area contributed by atoms with Gasteiger partial charge in [0.05, 0.1) is 0 Å². The summed E-state index contributed by atoms with van der Waals surface area (Å²) in [5.74, 6) is 0. The second kappa shape index (κ2) is 9.61. The van der Waals surface area contributed by atoms with Crippen molar-refractivity contribution < 1.29 is 29.2 Å². The van der Waals surface area contributed by atoms with Crippen LogP contribution >= 0.6 is 8.34 Å². The second-order valence-electron chi connectivity index (χ2n) is 0.0833. The fraction of sp³-hybridized carbons (Fsp3) is 0. The number of hydrogen-bond acceptors (Lipinski definition) is 2. The zero-order valence-corrected chi connectivity index (χ0v) is 5.04. The van der Waals surface area contributed by atoms with Crippen molar-refractivity contribution in [2.75, 3.05) is 0 Å². The topological polar surface area (TPSA) is 34.1 Å². The molecule has 0 aromatic carbocycles. The first-order valence-electron chi connectivity index (χ1n) is 0.408. The summed E-state index contributed by atoms with van der Waals surface area (Å²) in [4.78, 5) is 0. The van der Waals surface area contributed by atoms with Crippen molar-refractivity contribution >= 4 is 8.34 Å². The van der Waals surface area contributed by atoms with Crippen LogP contribution in [0.2, 0.25) is 0 Å². The van der Waals surface area contributed by atoms with Crippen LogP contribution in [0.5, 0.6) is 0 Å². The maximum Gasteiger partial charge on any atom is 0.303 e. The fourth-order valence-corrected chi connectivity index (χ4v) is 0. The van der Waals surface area contributed by atoms with Crippen LogP contribution in [0.25, 0.3) is 0 Å². The van der Waals surface area contributed by atoms with Crippen molar-refractivity contribution in [2.45, 2.75) is 0 Å². The van der Waals surface area contributed by atoms with E-state index >= 15 is 0 Å². The molecule has 0 fully saturated rings. The number of rotatable bonds is 0. The largest absolute Gasteiger partial charge is 0.303 e. The van der Waals surface area contributed by atoms with E-state index in [2.05, 4.69) is 0 Å². The van der Waals surface area contributed by atoms with Gasteiger partial charge in [-0.05, 0) is 0 Å². The summed E-state index contributed by atoms with van der Waals surface area (Å²) < 4.78 is 16.8. The Balaban J connectivity index is 0. The average molecular weight is 256 g/mol. The summed E-state index contributed by atoms with van der Waals surface area (Å²) in [6.07, 6.45) is 0. The fourth-order valence-electron chi connectivity index (χ4n) is 0. The van der Waals surface area contributed by atoms with E-state index in [0.717, 1.165) is 0 Å². The van der Waals surface area contributed by atoms with Gasteiger partial charge < -0.3 is 0 Å². The monoisotopic (exact) mass is 257 g/mol. The molecular weight excluding hydrogens is 255 g/mol. The molecule has 2 nitrogen and oxygen atoms in total. The second-order valence-corrected chi connectivity index (χ2v) is 0.250. The molecule has 0 aliphatic rings. The van der Waals surface area contributed by atoms with E-state index in [0.29, 0.717) is 0 Å². The van der Waals surface area contributed by atoms with E-state index < -0.39 is 8.34 Å². The van der Waals surface area contributed by atoms with Gasteiger partial charge in [0.15, 0.2) is 0 Å². The maximum atomic E-state index is 8.40. The molecule has 0 aliphatic carbocycles. The van der Waals surface area contributed by atoms with Crippen LogP contribution in [0.3, 0.4) is 0 Å². The molecule has 0 saturated carbocycles. The Morgan fingerprint density at radius 2 is 1.25 bits per heavy atom. The third-order valence-electron chi connectivity index (χ3n) is 0. The Bertz CT molecular complexity index is 27.0. The van der Waals surface area contributed by atoms with Crippen molar-refractivity contribution in [3.8, 4) is 0 Å². The average Bonchev–Trinajstić information content (AvgIpc) is 0.918. The van der Waals surface area contributed by atoms with E-state index in [4.69, 9.17) is 9.13 Å². The molecule has 0 unspecified atom stereocenters. The van der Waals surface area contributed by atoms with Gasteiger partial charge in [-0.15, -0.1) is 0 Å². The predicted molar refractivity (Wildman–Crippen MR) is 9.69 cm³/mol. The molecular formula is HIrO2P. The van der Waals surface area contributed by atoms with E-state index in [-0.39, 0.29) is 20.1 Å². The zero-order valence-electron chi connectivity index (χ0n) is 1.65. The molecule has 0 aliphatic heterocycles. The molecule has 4 heavy (non-hydrogen) atoms. The van der Waals surface area contributed by atoms with Crippen LogP contribution in [-0.2, 0) is 29.2 Å². The first-order valence-corrected chi connectivity index (χ1v) is 1.22. The Hall–Kier alpha value is 0.549. The molecule has 0 bridgehead atoms. The third-order valence-corrected chi connectivity index (χ3v) is 0. The van der Waals surface area contributed by atoms with Gasteiger partial charge in [-0.1, -0.05) is 0 Å². The maximum absolute atomic E-state index is 8.40. The Morgan fingerprint density at radius 3 is 1.25 bits per heavy atom. The van der Waals surface area contributed by atoms with Gasteiger partial charge in [-0.25, -0.2) is 9.13 Å². The minimum atomic E-state index is -1.42. The van der Waals surface area contributed by atoms with Gasteiger partial charge in [0.1, 0.15) is 0 Å². The van der Waals surface area contributed by atoms with E-state index in [1.165, 1.54) is 0 Å². The molecule has 27 valence electrons. The first kappa shape index (κ1) is 8.82. The quantitative estimate of drug-likeness (QED) is 0.586. The van der Waals surface area contributed by atoms with Gasteiger partial charge in [0, 0.05) is 20.1 Å². The zero-order chi connectivity index (χ0) is 2.71. The summed E-state index contributed by atoms with van der Waals surface area (Å²) in [6, 6.07) is 0. The first-order chi connectivity index (χ1) is 1.41. The normalized spacial score (nSPS) is 3.00. The summed E-state index contributed by atoms with van der Waals surface area (Å²) in [6.45, 7) is 0. The predicted octanol–water partition coefficient (Wildman–Crippen LogP) is 0.353. The molecule has 0 spiro atoms. The van der Waals surface area contributed by atoms with Crippen LogP contribution in [0.1, 0.15) is 0 Å². The van der Waals surface area contributed by atoms with Crippen molar-refractivity contribution in [3.05, 3.63) is 0 Å². The summed E-state index contributed by atoms with van der Waals surface area (Å²) in [5.41, 5.74) is 0. The van der Waals surface area contributed by atoms with Gasteiger partial charge in [-0.2, -0.15) is 0 Å². The number of hydrogen-bond donors (Lipinski definition) is 0. The van der Waals surface area contributed by atoms with Crippen LogP contribution < -0.4 is 0 Å². The van der Waals surface area contributed by atoms with Gasteiger partial charge >= 0.3 is 8.34 Å². The standard InChI is InChI=1S/Ir.HO2P/c;1-3-2/h;3H. The van der Waals surface area contributed by atoms with Crippen LogP contribution in [0, 0.1) is 0 Å². The smallest absolute Gasteiger partial charge is 0.241 e. The van der Waals surface area contributed by atoms with E-state index in [1.54, 1.807) is 0 Å².